The highest BCUT2D eigenvalue weighted by Gasteiger charge is 2.49. The monoisotopic (exact) mass is 417 g/mol. The molecule has 5 rings (SSSR count). The van der Waals surface area contributed by atoms with Crippen molar-refractivity contribution in [2.75, 3.05) is 19.8 Å². The predicted octanol–water partition coefficient (Wildman–Crippen LogP) is 3.84. The Bertz CT molecular complexity index is 989. The normalized spacial score (nSPS) is 22.5. The van der Waals surface area contributed by atoms with Gasteiger partial charge in [0.25, 0.3) is 0 Å². The number of pyridine rings is 1. The van der Waals surface area contributed by atoms with Crippen molar-refractivity contribution in [2.45, 2.75) is 56.8 Å². The summed E-state index contributed by atoms with van der Waals surface area (Å²) >= 11 is 6.40. The van der Waals surface area contributed by atoms with Crippen LogP contribution in [0.25, 0.3) is 16.6 Å². The number of rotatable bonds is 4. The zero-order chi connectivity index (χ0) is 20.1. The molecule has 1 aliphatic heterocycles. The van der Waals surface area contributed by atoms with Gasteiger partial charge in [-0.25, -0.2) is 14.5 Å². The molecule has 0 bridgehead atoms. The number of ether oxygens (including phenoxy) is 3. The first-order chi connectivity index (χ1) is 14.1. The predicted molar refractivity (Wildman–Crippen MR) is 107 cm³/mol. The van der Waals surface area contributed by atoms with Crippen LogP contribution < -0.4 is 0 Å². The first-order valence-corrected chi connectivity index (χ1v) is 10.6. The quantitative estimate of drug-likeness (QED) is 0.555. The Balaban J connectivity index is 1.56. The first-order valence-electron chi connectivity index (χ1n) is 10.3. The van der Waals surface area contributed by atoms with E-state index in [9.17, 15) is 4.79 Å². The molecule has 0 unspecified atom stereocenters. The standard InChI is InChI=1S/C21H24ClN3O4/c1-2-27-19(26)20(6-3-7-20)25-18-16(13-23-25)15(12-17(22)24-18)14-4-8-21(9-5-14)28-10-11-29-21/h4,12-13H,2-3,5-11H2,1H3. The Morgan fingerprint density at radius 1 is 1.31 bits per heavy atom. The third kappa shape index (κ3) is 2.98. The van der Waals surface area contributed by atoms with Gasteiger partial charge in [-0.2, -0.15) is 5.10 Å². The van der Waals surface area contributed by atoms with E-state index in [0.29, 0.717) is 49.9 Å². The minimum absolute atomic E-state index is 0.242. The van der Waals surface area contributed by atoms with Crippen LogP contribution in [-0.4, -0.2) is 46.3 Å². The summed E-state index contributed by atoms with van der Waals surface area (Å²) in [6.45, 7) is 3.46. The lowest BCUT2D eigenvalue weighted by Gasteiger charge is -2.39. The molecule has 154 valence electrons. The SMILES string of the molecule is CCOC(=O)C1(n2ncc3c(C4=CCC5(CC4)OCCO5)cc(Cl)nc32)CCC1. The Kier molecular flexibility index (Phi) is 4.64. The Morgan fingerprint density at radius 3 is 2.72 bits per heavy atom. The van der Waals surface area contributed by atoms with E-state index < -0.39 is 11.3 Å². The minimum Gasteiger partial charge on any atom is -0.464 e. The van der Waals surface area contributed by atoms with Gasteiger partial charge in [-0.1, -0.05) is 17.7 Å². The number of allylic oxidation sites excluding steroid dienone is 1. The molecular weight excluding hydrogens is 394 g/mol. The summed E-state index contributed by atoms with van der Waals surface area (Å²) in [6.07, 6.45) is 8.66. The molecule has 2 aromatic rings. The molecule has 8 heteroatoms. The molecule has 2 aliphatic carbocycles. The Morgan fingerprint density at radius 2 is 2.10 bits per heavy atom. The molecule has 7 nitrogen and oxygen atoms in total. The second kappa shape index (κ2) is 7.07. The van der Waals surface area contributed by atoms with Gasteiger partial charge in [0.2, 0.25) is 0 Å². The van der Waals surface area contributed by atoms with Crippen molar-refractivity contribution < 1.29 is 19.0 Å². The second-order valence-electron chi connectivity index (χ2n) is 7.93. The number of carbonyl (C=O) groups is 1. The molecule has 2 fully saturated rings. The van der Waals surface area contributed by atoms with Gasteiger partial charge in [0.05, 0.1) is 26.0 Å². The summed E-state index contributed by atoms with van der Waals surface area (Å²) in [6, 6.07) is 1.88. The summed E-state index contributed by atoms with van der Waals surface area (Å²) in [4.78, 5) is 17.3. The van der Waals surface area contributed by atoms with Crippen LogP contribution in [-0.2, 0) is 24.5 Å². The molecule has 3 heterocycles. The summed E-state index contributed by atoms with van der Waals surface area (Å²) in [5.74, 6) is -0.710. The molecule has 1 spiro atoms. The van der Waals surface area contributed by atoms with Crippen LogP contribution in [0.3, 0.4) is 0 Å². The summed E-state index contributed by atoms with van der Waals surface area (Å²) in [5, 5.41) is 5.87. The van der Waals surface area contributed by atoms with Crippen LogP contribution in [0.2, 0.25) is 5.15 Å². The van der Waals surface area contributed by atoms with Gasteiger partial charge in [0.1, 0.15) is 5.15 Å². The average molecular weight is 418 g/mol. The lowest BCUT2D eigenvalue weighted by atomic mass is 9.76. The first kappa shape index (κ1) is 19.0. The molecule has 1 saturated carbocycles. The molecule has 0 aromatic carbocycles. The lowest BCUT2D eigenvalue weighted by Crippen LogP contribution is -2.49. The third-order valence-electron chi connectivity index (χ3n) is 6.35. The van der Waals surface area contributed by atoms with Gasteiger partial charge < -0.3 is 14.2 Å². The Labute approximate surface area is 174 Å². The number of fused-ring (bicyclic) bond motifs is 1. The third-order valence-corrected chi connectivity index (χ3v) is 6.54. The number of hydrogen-bond acceptors (Lipinski definition) is 6. The topological polar surface area (TPSA) is 75.5 Å². The van der Waals surface area contributed by atoms with Crippen LogP contribution in [0, 0.1) is 0 Å². The maximum atomic E-state index is 12.7. The number of hydrogen-bond donors (Lipinski definition) is 0. The number of carbonyl (C=O) groups excluding carboxylic acids is 1. The van der Waals surface area contributed by atoms with E-state index in [0.717, 1.165) is 30.2 Å². The molecule has 1 saturated heterocycles. The highest BCUT2D eigenvalue weighted by Crippen LogP contribution is 2.44. The molecule has 0 amide bonds. The maximum Gasteiger partial charge on any atom is 0.334 e. The minimum atomic E-state index is -0.775. The van der Waals surface area contributed by atoms with E-state index in [4.69, 9.17) is 25.8 Å². The smallest absolute Gasteiger partial charge is 0.334 e. The van der Waals surface area contributed by atoms with Crippen molar-refractivity contribution in [3.8, 4) is 0 Å². The van der Waals surface area contributed by atoms with E-state index >= 15 is 0 Å². The van der Waals surface area contributed by atoms with Crippen molar-refractivity contribution in [1.82, 2.24) is 14.8 Å². The second-order valence-corrected chi connectivity index (χ2v) is 8.32. The van der Waals surface area contributed by atoms with Gasteiger partial charge >= 0.3 is 5.97 Å². The van der Waals surface area contributed by atoms with E-state index in [1.165, 1.54) is 5.57 Å². The summed E-state index contributed by atoms with van der Waals surface area (Å²) in [7, 11) is 0. The molecule has 0 atom stereocenters. The number of aromatic nitrogens is 3. The maximum absolute atomic E-state index is 12.7. The summed E-state index contributed by atoms with van der Waals surface area (Å²) < 4.78 is 18.7. The zero-order valence-electron chi connectivity index (χ0n) is 16.4. The molecule has 2 aromatic heterocycles. The van der Waals surface area contributed by atoms with Crippen molar-refractivity contribution >= 4 is 34.2 Å². The van der Waals surface area contributed by atoms with Gasteiger partial charge in [0, 0.05) is 18.2 Å². The van der Waals surface area contributed by atoms with Crippen LogP contribution in [0.4, 0.5) is 0 Å². The highest BCUT2D eigenvalue weighted by atomic mass is 35.5. The van der Waals surface area contributed by atoms with E-state index in [2.05, 4.69) is 16.2 Å². The lowest BCUT2D eigenvalue weighted by molar-refractivity contribution is -0.160. The van der Waals surface area contributed by atoms with Gasteiger partial charge in [-0.3, -0.25) is 0 Å². The highest BCUT2D eigenvalue weighted by molar-refractivity contribution is 6.30. The van der Waals surface area contributed by atoms with Crippen molar-refractivity contribution in [1.29, 1.82) is 0 Å². The van der Waals surface area contributed by atoms with E-state index in [1.54, 1.807) is 10.9 Å². The number of halogens is 1. The van der Waals surface area contributed by atoms with Crippen molar-refractivity contribution in [3.63, 3.8) is 0 Å². The number of nitrogens with zero attached hydrogens (tertiary/aromatic N) is 3. The van der Waals surface area contributed by atoms with Crippen molar-refractivity contribution in [2.24, 2.45) is 0 Å². The Hall–Kier alpha value is -1.96. The van der Waals surface area contributed by atoms with Gasteiger partial charge in [0.15, 0.2) is 17.0 Å². The average Bonchev–Trinajstić information content (AvgIpc) is 3.29. The van der Waals surface area contributed by atoms with Crippen LogP contribution in [0.15, 0.2) is 18.3 Å². The fourth-order valence-corrected chi connectivity index (χ4v) is 4.83. The fourth-order valence-electron chi connectivity index (χ4n) is 4.64. The molecule has 29 heavy (non-hydrogen) atoms. The molecule has 0 N–H and O–H groups in total. The van der Waals surface area contributed by atoms with Gasteiger partial charge in [-0.05, 0) is 49.8 Å². The fraction of sp³-hybridized carbons (Fsp3) is 0.571. The van der Waals surface area contributed by atoms with Crippen LogP contribution in [0.5, 0.6) is 0 Å². The van der Waals surface area contributed by atoms with Crippen LogP contribution in [0.1, 0.15) is 51.0 Å². The van der Waals surface area contributed by atoms with E-state index in [-0.39, 0.29) is 5.97 Å². The van der Waals surface area contributed by atoms with Crippen molar-refractivity contribution in [3.05, 3.63) is 29.1 Å². The van der Waals surface area contributed by atoms with Gasteiger partial charge in [-0.15, -0.1) is 0 Å². The molecule has 3 aliphatic rings. The molecular formula is C21H24ClN3O4. The largest absolute Gasteiger partial charge is 0.464 e. The number of esters is 1. The van der Waals surface area contributed by atoms with Crippen LogP contribution >= 0.6 is 11.6 Å². The summed E-state index contributed by atoms with van der Waals surface area (Å²) in [5.41, 5.74) is 2.05. The zero-order valence-corrected chi connectivity index (χ0v) is 17.2. The van der Waals surface area contributed by atoms with E-state index in [1.807, 2.05) is 13.0 Å². The molecule has 0 radical (unpaired) electrons.